The summed E-state index contributed by atoms with van der Waals surface area (Å²) in [7, 11) is -0.616. The summed E-state index contributed by atoms with van der Waals surface area (Å²) in [4.78, 5) is 26.4. The Morgan fingerprint density at radius 1 is 1.08 bits per heavy atom. The molecule has 1 heterocycles. The molecule has 0 N–H and O–H groups in total. The molecule has 0 bridgehead atoms. The lowest BCUT2D eigenvalue weighted by Gasteiger charge is -2.26. The summed E-state index contributed by atoms with van der Waals surface area (Å²) in [5, 5.41) is 0. The molecule has 0 aromatic heterocycles. The largest absolute Gasteiger partial charge is 0.497 e. The van der Waals surface area contributed by atoms with E-state index < -0.39 is 46.0 Å². The maximum Gasteiger partial charge on any atom is 0.342 e. The van der Waals surface area contributed by atoms with Gasteiger partial charge in [0.25, 0.3) is 10.1 Å². The van der Waals surface area contributed by atoms with E-state index in [-0.39, 0.29) is 37.1 Å². The highest BCUT2D eigenvalue weighted by Crippen LogP contribution is 2.40. The number of benzene rings is 2. The standard InChI is InChI=1S/C36H48O11S/c1-8-20-43-35(38)32-27(21-29(42-6)22-31(32)44-24-41-5)17-13-18-28-23-36(3,4)46-33(28)30(19-12-14-25(2)47-48(7,39)40)45-34(37)26-15-10-9-11-16-26/h9-13,15-17,19,21-22,25,28,30,33H,8,14,18,20,23-24H2,1-7H3/b17-13+,19-12-/t25?,28-,30?,33?/m1/s1. The molecule has 1 saturated heterocycles. The van der Waals surface area contributed by atoms with Crippen LogP contribution in [0.25, 0.3) is 6.08 Å². The van der Waals surface area contributed by atoms with Crippen molar-refractivity contribution in [3.63, 3.8) is 0 Å². The Morgan fingerprint density at radius 2 is 1.81 bits per heavy atom. The van der Waals surface area contributed by atoms with Crippen molar-refractivity contribution in [3.05, 3.63) is 77.4 Å². The van der Waals surface area contributed by atoms with Crippen LogP contribution >= 0.6 is 0 Å². The predicted molar refractivity (Wildman–Crippen MR) is 182 cm³/mol. The summed E-state index contributed by atoms with van der Waals surface area (Å²) in [6.45, 7) is 7.70. The van der Waals surface area contributed by atoms with Crippen molar-refractivity contribution in [2.24, 2.45) is 5.92 Å². The summed E-state index contributed by atoms with van der Waals surface area (Å²) >= 11 is 0. The van der Waals surface area contributed by atoms with Gasteiger partial charge in [0.1, 0.15) is 29.3 Å². The van der Waals surface area contributed by atoms with E-state index in [1.165, 1.54) is 14.2 Å². The molecule has 1 aliphatic heterocycles. The molecule has 2 aromatic carbocycles. The molecule has 4 atom stereocenters. The zero-order valence-electron chi connectivity index (χ0n) is 28.8. The molecule has 3 rings (SSSR count). The van der Waals surface area contributed by atoms with Gasteiger partial charge in [-0.25, -0.2) is 9.59 Å². The second kappa shape index (κ2) is 18.2. The van der Waals surface area contributed by atoms with E-state index in [9.17, 15) is 18.0 Å². The number of carbonyl (C=O) groups excluding carboxylic acids is 2. The molecule has 0 radical (unpaired) electrons. The fourth-order valence-electron chi connectivity index (χ4n) is 5.49. The minimum absolute atomic E-state index is 0.0731. The van der Waals surface area contributed by atoms with Crippen molar-refractivity contribution in [3.8, 4) is 11.5 Å². The summed E-state index contributed by atoms with van der Waals surface area (Å²) in [5.41, 5.74) is 0.668. The summed E-state index contributed by atoms with van der Waals surface area (Å²) < 4.78 is 62.5. The topological polar surface area (TPSA) is 133 Å². The van der Waals surface area contributed by atoms with Crippen molar-refractivity contribution >= 4 is 28.1 Å². The molecule has 0 aliphatic carbocycles. The van der Waals surface area contributed by atoms with Gasteiger partial charge >= 0.3 is 11.9 Å². The third kappa shape index (κ3) is 12.1. The van der Waals surface area contributed by atoms with Gasteiger partial charge in [0.05, 0.1) is 37.2 Å². The number of methoxy groups -OCH3 is 2. The van der Waals surface area contributed by atoms with Gasteiger partial charge in [0.15, 0.2) is 6.79 Å². The minimum atomic E-state index is -3.63. The Kier molecular flexibility index (Phi) is 14.7. The number of hydrogen-bond acceptors (Lipinski definition) is 11. The minimum Gasteiger partial charge on any atom is -0.497 e. The SMILES string of the molecule is CCCOC(=O)c1c(/C=C/C[C@@H]2CC(C)(C)OC2C(/C=C\CC(C)OS(C)(=O)=O)OC(=O)c2ccccc2)cc(OC)cc1OCOC. The van der Waals surface area contributed by atoms with Gasteiger partial charge < -0.3 is 28.4 Å². The predicted octanol–water partition coefficient (Wildman–Crippen LogP) is 6.37. The van der Waals surface area contributed by atoms with Crippen LogP contribution in [0.5, 0.6) is 11.5 Å². The van der Waals surface area contributed by atoms with Crippen LogP contribution in [0, 0.1) is 5.92 Å². The summed E-state index contributed by atoms with van der Waals surface area (Å²) in [6, 6.07) is 12.0. The van der Waals surface area contributed by atoms with Crippen LogP contribution in [-0.2, 0) is 33.2 Å². The first-order valence-corrected chi connectivity index (χ1v) is 17.7. The average molecular weight is 689 g/mol. The number of rotatable bonds is 18. The molecule has 264 valence electrons. The Labute approximate surface area is 284 Å². The quantitative estimate of drug-likeness (QED) is 0.0749. The van der Waals surface area contributed by atoms with Crippen LogP contribution in [0.4, 0.5) is 0 Å². The normalized spacial score (nSPS) is 18.9. The van der Waals surface area contributed by atoms with Gasteiger partial charge in [0.2, 0.25) is 0 Å². The van der Waals surface area contributed by atoms with E-state index in [4.69, 9.17) is 32.6 Å². The lowest BCUT2D eigenvalue weighted by atomic mass is 9.88. The highest BCUT2D eigenvalue weighted by atomic mass is 32.2. The molecule has 0 saturated carbocycles. The van der Waals surface area contributed by atoms with Crippen molar-refractivity contribution in [2.75, 3.05) is 33.9 Å². The number of allylic oxidation sites excluding steroid dienone is 1. The highest BCUT2D eigenvalue weighted by Gasteiger charge is 2.44. The molecule has 12 heteroatoms. The van der Waals surface area contributed by atoms with Gasteiger partial charge in [-0.2, -0.15) is 8.42 Å². The summed E-state index contributed by atoms with van der Waals surface area (Å²) in [5.74, 6) is -0.371. The monoisotopic (exact) mass is 688 g/mol. The van der Waals surface area contributed by atoms with E-state index in [1.54, 1.807) is 55.5 Å². The first kappa shape index (κ1) is 38.7. The molecule has 0 amide bonds. The molecular formula is C36H48O11S. The van der Waals surface area contributed by atoms with Crippen molar-refractivity contribution < 1.29 is 50.6 Å². The van der Waals surface area contributed by atoms with Crippen molar-refractivity contribution in [1.82, 2.24) is 0 Å². The second-order valence-electron chi connectivity index (χ2n) is 12.2. The molecule has 3 unspecified atom stereocenters. The molecular weight excluding hydrogens is 640 g/mol. The van der Waals surface area contributed by atoms with E-state index >= 15 is 0 Å². The van der Waals surface area contributed by atoms with Crippen LogP contribution in [0.3, 0.4) is 0 Å². The van der Waals surface area contributed by atoms with E-state index in [1.807, 2.05) is 39.0 Å². The Balaban J connectivity index is 1.93. The molecule has 11 nitrogen and oxygen atoms in total. The number of esters is 2. The van der Waals surface area contributed by atoms with Gasteiger partial charge in [-0.3, -0.25) is 4.18 Å². The Morgan fingerprint density at radius 3 is 2.46 bits per heavy atom. The van der Waals surface area contributed by atoms with Crippen molar-refractivity contribution in [2.45, 2.75) is 77.3 Å². The zero-order chi connectivity index (χ0) is 35.3. The number of carbonyl (C=O) groups is 2. The molecule has 2 aromatic rings. The Hall–Kier alpha value is -3.71. The van der Waals surface area contributed by atoms with Gasteiger partial charge in [0, 0.05) is 13.2 Å². The van der Waals surface area contributed by atoms with E-state index in [2.05, 4.69) is 0 Å². The van der Waals surface area contributed by atoms with Crippen LogP contribution in [0.15, 0.2) is 60.7 Å². The third-order valence-corrected chi connectivity index (χ3v) is 8.11. The smallest absolute Gasteiger partial charge is 0.342 e. The fourth-order valence-corrected chi connectivity index (χ4v) is 6.16. The van der Waals surface area contributed by atoms with Gasteiger partial charge in [-0.1, -0.05) is 43.4 Å². The Bertz CT molecular complexity index is 1520. The van der Waals surface area contributed by atoms with Crippen LogP contribution in [0.1, 0.15) is 79.7 Å². The van der Waals surface area contributed by atoms with Gasteiger partial charge in [-0.05, 0) is 82.2 Å². The molecule has 1 fully saturated rings. The van der Waals surface area contributed by atoms with E-state index in [0.29, 0.717) is 36.1 Å². The fraction of sp³-hybridized carbons (Fsp3) is 0.500. The molecule has 1 aliphatic rings. The summed E-state index contributed by atoms with van der Waals surface area (Å²) in [6.07, 6.45) is 8.42. The second-order valence-corrected chi connectivity index (χ2v) is 13.8. The zero-order valence-corrected chi connectivity index (χ0v) is 29.6. The lowest BCUT2D eigenvalue weighted by Crippen LogP contribution is -2.35. The molecule has 0 spiro atoms. The maximum atomic E-state index is 13.2. The van der Waals surface area contributed by atoms with Crippen molar-refractivity contribution in [1.29, 1.82) is 0 Å². The number of ether oxygens (including phenoxy) is 6. The third-order valence-electron chi connectivity index (χ3n) is 7.43. The molecule has 48 heavy (non-hydrogen) atoms. The van der Waals surface area contributed by atoms with Crippen LogP contribution in [-0.4, -0.2) is 78.1 Å². The highest BCUT2D eigenvalue weighted by molar-refractivity contribution is 7.86. The number of hydrogen-bond donors (Lipinski definition) is 0. The van der Waals surface area contributed by atoms with Gasteiger partial charge in [-0.15, -0.1) is 0 Å². The van der Waals surface area contributed by atoms with Crippen LogP contribution in [0.2, 0.25) is 0 Å². The lowest BCUT2D eigenvalue weighted by molar-refractivity contribution is -0.0723. The van der Waals surface area contributed by atoms with Crippen LogP contribution < -0.4 is 9.47 Å². The first-order chi connectivity index (χ1) is 22.8. The first-order valence-electron chi connectivity index (χ1n) is 15.9. The van der Waals surface area contributed by atoms with E-state index in [0.717, 1.165) is 6.26 Å². The average Bonchev–Trinajstić information content (AvgIpc) is 3.34. The maximum absolute atomic E-state index is 13.2.